The molecule has 3 heteroatoms. The number of hydrogen-bond acceptors (Lipinski definition) is 2. The van der Waals surface area contributed by atoms with E-state index in [-0.39, 0.29) is 11.9 Å². The Balaban J connectivity index is 1.91. The van der Waals surface area contributed by atoms with E-state index in [0.29, 0.717) is 6.04 Å². The molecule has 1 saturated carbocycles. The highest BCUT2D eigenvalue weighted by Gasteiger charge is 2.16. The van der Waals surface area contributed by atoms with E-state index < -0.39 is 0 Å². The minimum Gasteiger partial charge on any atom is -0.306 e. The van der Waals surface area contributed by atoms with Gasteiger partial charge in [0.1, 0.15) is 5.82 Å². The van der Waals surface area contributed by atoms with Crippen molar-refractivity contribution in [1.29, 1.82) is 0 Å². The van der Waals surface area contributed by atoms with Gasteiger partial charge in [0.05, 0.1) is 11.9 Å². The maximum atomic E-state index is 12.7. The molecule has 16 heavy (non-hydrogen) atoms. The predicted molar refractivity (Wildman–Crippen MR) is 62.6 cm³/mol. The fourth-order valence-electron chi connectivity index (χ4n) is 2.35. The Morgan fingerprint density at radius 3 is 2.69 bits per heavy atom. The van der Waals surface area contributed by atoms with Gasteiger partial charge in [-0.1, -0.05) is 19.3 Å². The van der Waals surface area contributed by atoms with E-state index in [1.165, 1.54) is 44.4 Å². The molecule has 1 heterocycles. The molecule has 0 bridgehead atoms. The van der Waals surface area contributed by atoms with Crippen LogP contribution >= 0.6 is 0 Å². The second-order valence-corrected chi connectivity index (χ2v) is 4.62. The van der Waals surface area contributed by atoms with Crippen LogP contribution in [0.1, 0.15) is 50.8 Å². The molecule has 0 aromatic carbocycles. The molecule has 0 amide bonds. The fourth-order valence-corrected chi connectivity index (χ4v) is 2.35. The molecule has 0 aliphatic heterocycles. The van der Waals surface area contributed by atoms with Crippen LogP contribution in [-0.4, -0.2) is 11.0 Å². The van der Waals surface area contributed by atoms with Crippen LogP contribution in [0.25, 0.3) is 0 Å². The lowest BCUT2D eigenvalue weighted by atomic mass is 9.95. The van der Waals surface area contributed by atoms with Gasteiger partial charge in [-0.15, -0.1) is 0 Å². The van der Waals surface area contributed by atoms with Gasteiger partial charge in [-0.3, -0.25) is 4.98 Å². The SMILES string of the molecule is CC(NC1CCCCC1)c1ccc(F)cn1. The maximum Gasteiger partial charge on any atom is 0.141 e. The smallest absolute Gasteiger partial charge is 0.141 e. The quantitative estimate of drug-likeness (QED) is 0.849. The minimum absolute atomic E-state index is 0.212. The van der Waals surface area contributed by atoms with Crippen LogP contribution in [0.2, 0.25) is 0 Å². The zero-order valence-corrected chi connectivity index (χ0v) is 9.75. The van der Waals surface area contributed by atoms with E-state index in [1.807, 2.05) is 0 Å². The fraction of sp³-hybridized carbons (Fsp3) is 0.615. The van der Waals surface area contributed by atoms with Gasteiger partial charge in [-0.2, -0.15) is 0 Å². The molecule has 0 radical (unpaired) electrons. The van der Waals surface area contributed by atoms with Crippen molar-refractivity contribution in [2.45, 2.75) is 51.1 Å². The Hall–Kier alpha value is -0.960. The topological polar surface area (TPSA) is 24.9 Å². The van der Waals surface area contributed by atoms with Gasteiger partial charge in [0.15, 0.2) is 0 Å². The first-order chi connectivity index (χ1) is 7.75. The van der Waals surface area contributed by atoms with Crippen molar-refractivity contribution in [3.8, 4) is 0 Å². The number of aromatic nitrogens is 1. The third kappa shape index (κ3) is 3.01. The number of nitrogens with one attached hydrogen (secondary N) is 1. The molecule has 0 spiro atoms. The van der Waals surface area contributed by atoms with Crippen molar-refractivity contribution < 1.29 is 4.39 Å². The zero-order chi connectivity index (χ0) is 11.4. The van der Waals surface area contributed by atoms with Crippen molar-refractivity contribution in [2.24, 2.45) is 0 Å². The molecule has 1 aromatic heterocycles. The van der Waals surface area contributed by atoms with Gasteiger partial charge in [-0.25, -0.2) is 4.39 Å². The molecule has 0 saturated heterocycles. The van der Waals surface area contributed by atoms with Crippen LogP contribution in [0.3, 0.4) is 0 Å². The van der Waals surface area contributed by atoms with Crippen molar-refractivity contribution >= 4 is 0 Å². The summed E-state index contributed by atoms with van der Waals surface area (Å²) < 4.78 is 12.7. The minimum atomic E-state index is -0.270. The van der Waals surface area contributed by atoms with E-state index in [1.54, 1.807) is 6.07 Å². The predicted octanol–water partition coefficient (Wildman–Crippen LogP) is 3.20. The van der Waals surface area contributed by atoms with E-state index in [2.05, 4.69) is 17.2 Å². The Morgan fingerprint density at radius 1 is 1.31 bits per heavy atom. The molecular formula is C13H19FN2. The monoisotopic (exact) mass is 222 g/mol. The molecule has 1 aliphatic rings. The number of rotatable bonds is 3. The third-order valence-electron chi connectivity index (χ3n) is 3.28. The lowest BCUT2D eigenvalue weighted by Crippen LogP contribution is -2.33. The van der Waals surface area contributed by atoms with Crippen LogP contribution in [-0.2, 0) is 0 Å². The first kappa shape index (κ1) is 11.5. The van der Waals surface area contributed by atoms with Crippen LogP contribution in [0.15, 0.2) is 18.3 Å². The summed E-state index contributed by atoms with van der Waals surface area (Å²) in [5.74, 6) is -0.270. The van der Waals surface area contributed by atoms with E-state index in [0.717, 1.165) is 5.69 Å². The van der Waals surface area contributed by atoms with Gasteiger partial charge in [0, 0.05) is 12.1 Å². The first-order valence-electron chi connectivity index (χ1n) is 6.13. The first-order valence-corrected chi connectivity index (χ1v) is 6.13. The molecular weight excluding hydrogens is 203 g/mol. The maximum absolute atomic E-state index is 12.7. The number of pyridine rings is 1. The molecule has 1 N–H and O–H groups in total. The number of nitrogens with zero attached hydrogens (tertiary/aromatic N) is 1. The normalized spacial score (nSPS) is 19.6. The average Bonchev–Trinajstić information content (AvgIpc) is 2.31. The van der Waals surface area contributed by atoms with Crippen LogP contribution in [0.5, 0.6) is 0 Å². The molecule has 1 fully saturated rings. The van der Waals surface area contributed by atoms with Crippen LogP contribution < -0.4 is 5.32 Å². The number of halogens is 1. The van der Waals surface area contributed by atoms with E-state index >= 15 is 0 Å². The molecule has 1 atom stereocenters. The van der Waals surface area contributed by atoms with E-state index in [4.69, 9.17) is 0 Å². The Morgan fingerprint density at radius 2 is 2.06 bits per heavy atom. The van der Waals surface area contributed by atoms with Gasteiger partial charge in [0.2, 0.25) is 0 Å². The summed E-state index contributed by atoms with van der Waals surface area (Å²) in [6.45, 7) is 2.09. The van der Waals surface area contributed by atoms with E-state index in [9.17, 15) is 4.39 Å². The summed E-state index contributed by atoms with van der Waals surface area (Å²) in [4.78, 5) is 4.11. The molecule has 2 nitrogen and oxygen atoms in total. The van der Waals surface area contributed by atoms with Crippen molar-refractivity contribution in [1.82, 2.24) is 10.3 Å². The lowest BCUT2D eigenvalue weighted by Gasteiger charge is -2.26. The van der Waals surface area contributed by atoms with Crippen LogP contribution in [0, 0.1) is 5.82 Å². The Labute approximate surface area is 96.3 Å². The summed E-state index contributed by atoms with van der Waals surface area (Å²) in [5.41, 5.74) is 0.923. The Kier molecular flexibility index (Phi) is 3.88. The third-order valence-corrected chi connectivity index (χ3v) is 3.28. The van der Waals surface area contributed by atoms with Gasteiger partial charge in [-0.05, 0) is 31.9 Å². The molecule has 1 aliphatic carbocycles. The van der Waals surface area contributed by atoms with Gasteiger partial charge < -0.3 is 5.32 Å². The highest BCUT2D eigenvalue weighted by molar-refractivity contribution is 5.09. The number of hydrogen-bond donors (Lipinski definition) is 1. The average molecular weight is 222 g/mol. The summed E-state index contributed by atoms with van der Waals surface area (Å²) in [6, 6.07) is 4.05. The van der Waals surface area contributed by atoms with Crippen molar-refractivity contribution in [3.63, 3.8) is 0 Å². The lowest BCUT2D eigenvalue weighted by molar-refractivity contribution is 0.344. The standard InChI is InChI=1S/C13H19FN2/c1-10(13-8-7-11(14)9-15-13)16-12-5-3-2-4-6-12/h7-10,12,16H,2-6H2,1H3. The molecule has 1 aromatic rings. The second-order valence-electron chi connectivity index (χ2n) is 4.62. The summed E-state index contributed by atoms with van der Waals surface area (Å²) >= 11 is 0. The highest BCUT2D eigenvalue weighted by atomic mass is 19.1. The molecule has 1 unspecified atom stereocenters. The van der Waals surface area contributed by atoms with Crippen LogP contribution in [0.4, 0.5) is 4.39 Å². The molecule has 88 valence electrons. The van der Waals surface area contributed by atoms with Crippen molar-refractivity contribution in [2.75, 3.05) is 0 Å². The molecule has 2 rings (SSSR count). The highest BCUT2D eigenvalue weighted by Crippen LogP contribution is 2.20. The van der Waals surface area contributed by atoms with Gasteiger partial charge >= 0.3 is 0 Å². The largest absolute Gasteiger partial charge is 0.306 e. The second kappa shape index (κ2) is 5.39. The van der Waals surface area contributed by atoms with Gasteiger partial charge in [0.25, 0.3) is 0 Å². The summed E-state index contributed by atoms with van der Waals surface area (Å²) in [7, 11) is 0. The Bertz CT molecular complexity index is 317. The summed E-state index contributed by atoms with van der Waals surface area (Å²) in [5, 5.41) is 3.57. The zero-order valence-electron chi connectivity index (χ0n) is 9.75. The van der Waals surface area contributed by atoms with Crippen molar-refractivity contribution in [3.05, 3.63) is 29.8 Å². The summed E-state index contributed by atoms with van der Waals surface area (Å²) in [6.07, 6.45) is 7.80.